The Kier molecular flexibility index (Phi) is 8.21. The number of hydrogen-bond acceptors (Lipinski definition) is 7. The molecule has 9 heteroatoms. The highest BCUT2D eigenvalue weighted by atomic mass is 32.1. The molecule has 0 spiro atoms. The molecule has 0 aliphatic carbocycles. The molecule has 3 aromatic rings. The van der Waals surface area contributed by atoms with Crippen LogP contribution in [0.4, 0.5) is 5.69 Å². The first-order chi connectivity index (χ1) is 16.6. The highest BCUT2D eigenvalue weighted by molar-refractivity contribution is 7.13. The van der Waals surface area contributed by atoms with Gasteiger partial charge in [0.15, 0.2) is 5.01 Å². The van der Waals surface area contributed by atoms with Crippen molar-refractivity contribution in [3.63, 3.8) is 0 Å². The Balaban J connectivity index is 1.27. The molecule has 1 fully saturated rings. The summed E-state index contributed by atoms with van der Waals surface area (Å²) in [5, 5.41) is 14.6. The van der Waals surface area contributed by atoms with Crippen LogP contribution in [0, 0.1) is 6.92 Å². The van der Waals surface area contributed by atoms with Crippen molar-refractivity contribution in [1.82, 2.24) is 20.4 Å². The van der Waals surface area contributed by atoms with Crippen LogP contribution in [0.1, 0.15) is 50.0 Å². The maximum absolute atomic E-state index is 12.6. The number of amides is 2. The first-order valence-electron chi connectivity index (χ1n) is 11.5. The van der Waals surface area contributed by atoms with E-state index in [9.17, 15) is 9.59 Å². The molecule has 34 heavy (non-hydrogen) atoms. The molecule has 178 valence electrons. The van der Waals surface area contributed by atoms with Gasteiger partial charge in [0.1, 0.15) is 12.4 Å². The summed E-state index contributed by atoms with van der Waals surface area (Å²) >= 11 is 1.17. The molecule has 8 nitrogen and oxygen atoms in total. The molecule has 2 heterocycles. The minimum Gasteiger partial charge on any atom is -0.486 e. The SMILES string of the molecule is Cc1ccc(OCc2nnc(C(=O)Nc3cccc(C(=O)NCCN4CCCCC4)c3)s2)cc1. The molecule has 2 aromatic carbocycles. The third-order valence-electron chi connectivity index (χ3n) is 5.59. The van der Waals surface area contributed by atoms with Gasteiger partial charge in [0.2, 0.25) is 5.01 Å². The predicted molar refractivity (Wildman–Crippen MR) is 132 cm³/mol. The quantitative estimate of drug-likeness (QED) is 0.483. The average molecular weight is 480 g/mol. The lowest BCUT2D eigenvalue weighted by molar-refractivity contribution is 0.0945. The summed E-state index contributed by atoms with van der Waals surface area (Å²) in [7, 11) is 0. The van der Waals surface area contributed by atoms with E-state index in [2.05, 4.69) is 25.7 Å². The number of rotatable bonds is 9. The van der Waals surface area contributed by atoms with Crippen LogP contribution < -0.4 is 15.4 Å². The van der Waals surface area contributed by atoms with Gasteiger partial charge >= 0.3 is 0 Å². The summed E-state index contributed by atoms with van der Waals surface area (Å²) in [6.07, 6.45) is 3.75. The molecular weight excluding hydrogens is 450 g/mol. The van der Waals surface area contributed by atoms with Crippen LogP contribution >= 0.6 is 11.3 Å². The van der Waals surface area contributed by atoms with Gasteiger partial charge in [-0.3, -0.25) is 9.59 Å². The highest BCUT2D eigenvalue weighted by Gasteiger charge is 2.15. The van der Waals surface area contributed by atoms with E-state index in [0.29, 0.717) is 22.8 Å². The zero-order chi connectivity index (χ0) is 23.8. The smallest absolute Gasteiger partial charge is 0.286 e. The van der Waals surface area contributed by atoms with Crippen LogP contribution in [0.5, 0.6) is 5.75 Å². The summed E-state index contributed by atoms with van der Waals surface area (Å²) in [6, 6.07) is 14.6. The summed E-state index contributed by atoms with van der Waals surface area (Å²) in [5.41, 5.74) is 2.18. The van der Waals surface area contributed by atoms with Crippen molar-refractivity contribution in [1.29, 1.82) is 0 Å². The number of carbonyl (C=O) groups excluding carboxylic acids is 2. The molecule has 0 radical (unpaired) electrons. The lowest BCUT2D eigenvalue weighted by atomic mass is 10.1. The first kappa shape index (κ1) is 23.8. The van der Waals surface area contributed by atoms with Gasteiger partial charge in [-0.15, -0.1) is 10.2 Å². The molecule has 1 aliphatic rings. The minimum atomic E-state index is -0.373. The van der Waals surface area contributed by atoms with Gasteiger partial charge in [-0.05, 0) is 63.2 Å². The third-order valence-corrected chi connectivity index (χ3v) is 6.48. The van der Waals surface area contributed by atoms with Crippen molar-refractivity contribution in [3.05, 3.63) is 69.7 Å². The molecule has 0 bridgehead atoms. The molecule has 0 unspecified atom stereocenters. The number of nitrogens with zero attached hydrogens (tertiary/aromatic N) is 3. The van der Waals surface area contributed by atoms with Gasteiger partial charge in [0.05, 0.1) is 0 Å². The lowest BCUT2D eigenvalue weighted by Gasteiger charge is -2.26. The number of ether oxygens (including phenoxy) is 1. The van der Waals surface area contributed by atoms with E-state index in [0.717, 1.165) is 30.9 Å². The second kappa shape index (κ2) is 11.7. The van der Waals surface area contributed by atoms with Crippen molar-refractivity contribution in [2.24, 2.45) is 0 Å². The molecule has 1 aromatic heterocycles. The summed E-state index contributed by atoms with van der Waals surface area (Å²) in [5.74, 6) is 0.208. The van der Waals surface area contributed by atoms with Crippen molar-refractivity contribution in [2.75, 3.05) is 31.5 Å². The largest absolute Gasteiger partial charge is 0.486 e. The topological polar surface area (TPSA) is 96.5 Å². The Morgan fingerprint density at radius 2 is 1.82 bits per heavy atom. The zero-order valence-corrected chi connectivity index (χ0v) is 20.1. The fourth-order valence-electron chi connectivity index (χ4n) is 3.72. The number of piperidine rings is 1. The van der Waals surface area contributed by atoms with E-state index in [-0.39, 0.29) is 23.4 Å². The van der Waals surface area contributed by atoms with Gasteiger partial charge in [-0.2, -0.15) is 0 Å². The van der Waals surface area contributed by atoms with Crippen molar-refractivity contribution in [2.45, 2.75) is 32.8 Å². The molecule has 4 rings (SSSR count). The van der Waals surface area contributed by atoms with E-state index < -0.39 is 0 Å². The maximum Gasteiger partial charge on any atom is 0.286 e. The Hall–Kier alpha value is -3.30. The Morgan fingerprint density at radius 1 is 1.03 bits per heavy atom. The molecule has 2 N–H and O–H groups in total. The van der Waals surface area contributed by atoms with Crippen LogP contribution in [0.2, 0.25) is 0 Å². The fraction of sp³-hybridized carbons (Fsp3) is 0.360. The van der Waals surface area contributed by atoms with Crippen LogP contribution in [0.25, 0.3) is 0 Å². The monoisotopic (exact) mass is 479 g/mol. The van der Waals surface area contributed by atoms with E-state index in [1.54, 1.807) is 24.3 Å². The van der Waals surface area contributed by atoms with E-state index in [4.69, 9.17) is 4.74 Å². The fourth-order valence-corrected chi connectivity index (χ4v) is 4.37. The third kappa shape index (κ3) is 6.85. The first-order valence-corrected chi connectivity index (χ1v) is 12.3. The summed E-state index contributed by atoms with van der Waals surface area (Å²) in [4.78, 5) is 27.5. The van der Waals surface area contributed by atoms with Crippen molar-refractivity contribution in [3.8, 4) is 5.75 Å². The molecule has 1 saturated heterocycles. The number of nitrogens with one attached hydrogen (secondary N) is 2. The number of carbonyl (C=O) groups is 2. The molecule has 2 amide bonds. The Labute approximate surface area is 203 Å². The highest BCUT2D eigenvalue weighted by Crippen LogP contribution is 2.18. The van der Waals surface area contributed by atoms with Crippen LogP contribution in [-0.2, 0) is 6.61 Å². The number of anilines is 1. The van der Waals surface area contributed by atoms with Crippen LogP contribution in [0.15, 0.2) is 48.5 Å². The maximum atomic E-state index is 12.6. The van der Waals surface area contributed by atoms with Gasteiger partial charge in [0, 0.05) is 24.3 Å². The Bertz CT molecular complexity index is 1110. The predicted octanol–water partition coefficient (Wildman–Crippen LogP) is 3.89. The lowest BCUT2D eigenvalue weighted by Crippen LogP contribution is -2.37. The van der Waals surface area contributed by atoms with E-state index in [1.807, 2.05) is 31.2 Å². The average Bonchev–Trinajstić information content (AvgIpc) is 3.34. The van der Waals surface area contributed by atoms with E-state index >= 15 is 0 Å². The number of likely N-dealkylation sites (tertiary alicyclic amines) is 1. The normalized spacial score (nSPS) is 13.9. The molecule has 0 saturated carbocycles. The van der Waals surface area contributed by atoms with Crippen molar-refractivity contribution < 1.29 is 14.3 Å². The number of hydrogen-bond donors (Lipinski definition) is 2. The molecular formula is C25H29N5O3S. The number of benzene rings is 2. The van der Waals surface area contributed by atoms with Crippen LogP contribution in [-0.4, -0.2) is 53.1 Å². The zero-order valence-electron chi connectivity index (χ0n) is 19.3. The van der Waals surface area contributed by atoms with Crippen LogP contribution in [0.3, 0.4) is 0 Å². The molecule has 1 aliphatic heterocycles. The van der Waals surface area contributed by atoms with E-state index in [1.165, 1.54) is 30.6 Å². The van der Waals surface area contributed by atoms with Gasteiger partial charge in [-0.1, -0.05) is 41.5 Å². The van der Waals surface area contributed by atoms with Gasteiger partial charge in [0.25, 0.3) is 11.8 Å². The van der Waals surface area contributed by atoms with Crippen molar-refractivity contribution >= 4 is 28.8 Å². The number of aryl methyl sites for hydroxylation is 1. The second-order valence-electron chi connectivity index (χ2n) is 8.30. The van der Waals surface area contributed by atoms with Gasteiger partial charge < -0.3 is 20.3 Å². The molecule has 0 atom stereocenters. The second-order valence-corrected chi connectivity index (χ2v) is 9.36. The minimum absolute atomic E-state index is 0.153. The number of aromatic nitrogens is 2. The summed E-state index contributed by atoms with van der Waals surface area (Å²) < 4.78 is 5.70. The standard InChI is InChI=1S/C25H29N5O3S/c1-18-8-10-21(11-9-18)33-17-22-28-29-25(34-22)24(32)27-20-7-5-6-19(16-20)23(31)26-12-15-30-13-3-2-4-14-30/h5-11,16H,2-4,12-15,17H2,1H3,(H,26,31)(H,27,32). The Morgan fingerprint density at radius 3 is 2.62 bits per heavy atom. The van der Waals surface area contributed by atoms with Gasteiger partial charge in [-0.25, -0.2) is 0 Å². The summed E-state index contributed by atoms with van der Waals surface area (Å²) in [6.45, 7) is 5.91.